The van der Waals surface area contributed by atoms with Crippen molar-refractivity contribution < 1.29 is 0 Å². The fraction of sp³-hybridized carbons (Fsp3) is 0. The second-order valence-corrected chi connectivity index (χ2v) is 4.33. The van der Waals surface area contributed by atoms with E-state index < -0.39 is 0 Å². The lowest BCUT2D eigenvalue weighted by Gasteiger charge is -1.86. The number of pyridine rings is 1. The minimum absolute atomic E-state index is 0.472. The minimum atomic E-state index is 0.472. The Kier molecular flexibility index (Phi) is 1.94. The van der Waals surface area contributed by atoms with Crippen molar-refractivity contribution in [2.45, 2.75) is 0 Å². The number of nitrogens with zero attached hydrogens (tertiary/aromatic N) is 3. The van der Waals surface area contributed by atoms with Gasteiger partial charge in [-0.2, -0.15) is 5.26 Å². The molecule has 0 N–H and O–H groups in total. The highest BCUT2D eigenvalue weighted by Gasteiger charge is 2.03. The van der Waals surface area contributed by atoms with E-state index in [0.717, 1.165) is 13.9 Å². The van der Waals surface area contributed by atoms with Gasteiger partial charge in [0.2, 0.25) is 0 Å². The molecule has 0 amide bonds. The molecule has 2 aromatic heterocycles. The van der Waals surface area contributed by atoms with Crippen LogP contribution in [-0.4, -0.2) is 9.97 Å². The number of halogens is 1. The van der Waals surface area contributed by atoms with Crippen LogP contribution in [0, 0.1) is 14.9 Å². The SMILES string of the molecule is N#Cc1nc2cc(I)cnc2s1. The fourth-order valence-corrected chi connectivity index (χ4v) is 1.97. The van der Waals surface area contributed by atoms with Gasteiger partial charge in [-0.25, -0.2) is 9.97 Å². The quantitative estimate of drug-likeness (QED) is 0.698. The average Bonchev–Trinajstić information content (AvgIpc) is 2.46. The molecule has 0 spiro atoms. The second-order valence-electron chi connectivity index (χ2n) is 2.11. The first-order valence-corrected chi connectivity index (χ1v) is 5.01. The van der Waals surface area contributed by atoms with Crippen LogP contribution in [0.15, 0.2) is 12.3 Å². The van der Waals surface area contributed by atoms with Crippen LogP contribution in [0.3, 0.4) is 0 Å². The van der Waals surface area contributed by atoms with Gasteiger partial charge in [-0.3, -0.25) is 0 Å². The molecule has 0 aliphatic rings. The van der Waals surface area contributed by atoms with Crippen LogP contribution in [0.1, 0.15) is 5.01 Å². The summed E-state index contributed by atoms with van der Waals surface area (Å²) < 4.78 is 1.04. The molecular weight excluding hydrogens is 285 g/mol. The summed E-state index contributed by atoms with van der Waals surface area (Å²) in [5, 5.41) is 9.05. The zero-order valence-corrected chi connectivity index (χ0v) is 8.76. The minimum Gasteiger partial charge on any atom is -0.243 e. The van der Waals surface area contributed by atoms with Crippen molar-refractivity contribution in [3.05, 3.63) is 20.8 Å². The number of hydrogen-bond donors (Lipinski definition) is 0. The molecule has 3 nitrogen and oxygen atoms in total. The van der Waals surface area contributed by atoms with Crippen LogP contribution < -0.4 is 0 Å². The Morgan fingerprint density at radius 2 is 2.42 bits per heavy atom. The van der Waals surface area contributed by atoms with Crippen LogP contribution in [0.5, 0.6) is 0 Å². The van der Waals surface area contributed by atoms with Gasteiger partial charge in [-0.1, -0.05) is 11.3 Å². The van der Waals surface area contributed by atoms with Gasteiger partial charge in [-0.05, 0) is 28.7 Å². The summed E-state index contributed by atoms with van der Waals surface area (Å²) in [7, 11) is 0. The van der Waals surface area contributed by atoms with Crippen molar-refractivity contribution in [2.75, 3.05) is 0 Å². The van der Waals surface area contributed by atoms with Gasteiger partial charge in [0.1, 0.15) is 16.4 Å². The van der Waals surface area contributed by atoms with Gasteiger partial charge in [0.05, 0.1) is 0 Å². The first-order chi connectivity index (χ1) is 5.79. The maximum atomic E-state index is 8.58. The Morgan fingerprint density at radius 3 is 3.17 bits per heavy atom. The summed E-state index contributed by atoms with van der Waals surface area (Å²) in [6.07, 6.45) is 1.77. The maximum absolute atomic E-state index is 8.58. The van der Waals surface area contributed by atoms with Gasteiger partial charge >= 0.3 is 0 Å². The zero-order valence-electron chi connectivity index (χ0n) is 5.78. The van der Waals surface area contributed by atoms with E-state index in [0.29, 0.717) is 5.01 Å². The highest BCUT2D eigenvalue weighted by molar-refractivity contribution is 14.1. The number of hydrogen-bond acceptors (Lipinski definition) is 4. The molecule has 0 aromatic carbocycles. The first-order valence-electron chi connectivity index (χ1n) is 3.12. The van der Waals surface area contributed by atoms with E-state index in [1.54, 1.807) is 6.20 Å². The van der Waals surface area contributed by atoms with Crippen molar-refractivity contribution in [2.24, 2.45) is 0 Å². The highest BCUT2D eigenvalue weighted by Crippen LogP contribution is 2.20. The summed E-state index contributed by atoms with van der Waals surface area (Å²) >= 11 is 3.49. The van der Waals surface area contributed by atoms with E-state index in [1.165, 1.54) is 11.3 Å². The highest BCUT2D eigenvalue weighted by atomic mass is 127. The monoisotopic (exact) mass is 287 g/mol. The smallest absolute Gasteiger partial charge is 0.196 e. The van der Waals surface area contributed by atoms with Crippen LogP contribution >= 0.6 is 33.9 Å². The van der Waals surface area contributed by atoms with E-state index in [2.05, 4.69) is 32.6 Å². The topological polar surface area (TPSA) is 49.6 Å². The van der Waals surface area contributed by atoms with Crippen molar-refractivity contribution in [1.29, 1.82) is 5.26 Å². The van der Waals surface area contributed by atoms with Crippen LogP contribution in [0.2, 0.25) is 0 Å². The lowest BCUT2D eigenvalue weighted by Crippen LogP contribution is -1.75. The molecular formula is C7H2IN3S. The van der Waals surface area contributed by atoms with Crippen LogP contribution in [0.25, 0.3) is 10.3 Å². The predicted molar refractivity (Wildman–Crippen MR) is 54.8 cm³/mol. The van der Waals surface area contributed by atoms with Gasteiger partial charge < -0.3 is 0 Å². The number of rotatable bonds is 0. The first kappa shape index (κ1) is 7.89. The third-order valence-corrected chi connectivity index (χ3v) is 2.78. The lowest BCUT2D eigenvalue weighted by molar-refractivity contribution is 1.36. The fourth-order valence-electron chi connectivity index (χ4n) is 0.846. The van der Waals surface area contributed by atoms with Crippen LogP contribution in [-0.2, 0) is 0 Å². The second kappa shape index (κ2) is 2.95. The predicted octanol–water partition coefficient (Wildman–Crippen LogP) is 2.17. The van der Waals surface area contributed by atoms with E-state index in [-0.39, 0.29) is 0 Å². The van der Waals surface area contributed by atoms with E-state index in [4.69, 9.17) is 5.26 Å². The van der Waals surface area contributed by atoms with Gasteiger partial charge in [0.25, 0.3) is 0 Å². The molecule has 0 saturated carbocycles. The molecule has 2 heterocycles. The Hall–Kier alpha value is -0.740. The summed E-state index contributed by atoms with van der Waals surface area (Å²) in [6.45, 7) is 0. The Bertz CT molecular complexity index is 471. The van der Waals surface area contributed by atoms with E-state index in [9.17, 15) is 0 Å². The standard InChI is InChI=1S/C7H2IN3S/c8-4-1-5-7(10-3-4)12-6(2-9)11-5/h1,3H. The number of fused-ring (bicyclic) bond motifs is 1. The third kappa shape index (κ3) is 1.28. The van der Waals surface area contributed by atoms with Crippen molar-refractivity contribution >= 4 is 44.3 Å². The molecule has 2 rings (SSSR count). The van der Waals surface area contributed by atoms with Crippen molar-refractivity contribution in [3.63, 3.8) is 0 Å². The summed E-state index contributed by atoms with van der Waals surface area (Å²) in [4.78, 5) is 9.05. The normalized spacial score (nSPS) is 10.0. The summed E-state index contributed by atoms with van der Waals surface area (Å²) in [6, 6.07) is 3.92. The molecule has 58 valence electrons. The molecule has 2 aromatic rings. The van der Waals surface area contributed by atoms with Crippen molar-refractivity contribution in [1.82, 2.24) is 9.97 Å². The molecule has 0 bridgehead atoms. The average molecular weight is 287 g/mol. The Balaban J connectivity index is 2.77. The lowest BCUT2D eigenvalue weighted by atomic mass is 10.5. The maximum Gasteiger partial charge on any atom is 0.196 e. The van der Waals surface area contributed by atoms with Crippen LogP contribution in [0.4, 0.5) is 0 Å². The van der Waals surface area contributed by atoms with Gasteiger partial charge in [-0.15, -0.1) is 0 Å². The van der Waals surface area contributed by atoms with E-state index >= 15 is 0 Å². The molecule has 0 radical (unpaired) electrons. The molecule has 0 unspecified atom stereocenters. The Labute approximate surface area is 86.2 Å². The summed E-state index contributed by atoms with van der Waals surface area (Å²) in [5.74, 6) is 0. The van der Waals surface area contributed by atoms with Gasteiger partial charge in [0.15, 0.2) is 5.01 Å². The molecule has 12 heavy (non-hydrogen) atoms. The van der Waals surface area contributed by atoms with Crippen molar-refractivity contribution in [3.8, 4) is 6.07 Å². The number of thiazole rings is 1. The van der Waals surface area contributed by atoms with E-state index in [1.807, 2.05) is 12.1 Å². The third-order valence-electron chi connectivity index (χ3n) is 1.31. The molecule has 5 heteroatoms. The molecule has 0 saturated heterocycles. The number of aromatic nitrogens is 2. The largest absolute Gasteiger partial charge is 0.243 e. The molecule has 0 fully saturated rings. The molecule has 0 aliphatic heterocycles. The molecule has 0 aliphatic carbocycles. The van der Waals surface area contributed by atoms with Gasteiger partial charge in [0, 0.05) is 9.77 Å². The molecule has 0 atom stereocenters. The zero-order chi connectivity index (χ0) is 8.55. The Morgan fingerprint density at radius 1 is 1.58 bits per heavy atom. The summed E-state index contributed by atoms with van der Waals surface area (Å²) in [5.41, 5.74) is 0.809. The number of nitriles is 1.